The first-order valence-electron chi connectivity index (χ1n) is 11.6. The highest BCUT2D eigenvalue weighted by Gasteiger charge is 2.36. The van der Waals surface area contributed by atoms with E-state index >= 15 is 8.78 Å². The van der Waals surface area contributed by atoms with Crippen molar-refractivity contribution in [1.82, 2.24) is 20.0 Å². The lowest BCUT2D eigenvalue weighted by Gasteiger charge is -2.31. The summed E-state index contributed by atoms with van der Waals surface area (Å²) in [6.45, 7) is 1.82. The lowest BCUT2D eigenvalue weighted by molar-refractivity contribution is 0.00997. The van der Waals surface area contributed by atoms with Crippen LogP contribution in [0.5, 0.6) is 0 Å². The molecule has 2 aromatic heterocycles. The van der Waals surface area contributed by atoms with E-state index in [1.807, 2.05) is 6.92 Å². The van der Waals surface area contributed by atoms with Gasteiger partial charge in [0.25, 0.3) is 5.91 Å². The molecular formula is C25H23ClF2N6O. The molecule has 2 aromatic carbocycles. The zero-order valence-electron chi connectivity index (χ0n) is 18.9. The monoisotopic (exact) mass is 496 g/mol. The number of hydrogen-bond donors (Lipinski definition) is 3. The molecule has 0 saturated heterocycles. The fourth-order valence-corrected chi connectivity index (χ4v) is 5.22. The van der Waals surface area contributed by atoms with Crippen LogP contribution in [0.3, 0.4) is 0 Å². The normalized spacial score (nSPS) is 21.7. The van der Waals surface area contributed by atoms with Gasteiger partial charge in [-0.3, -0.25) is 10.2 Å². The predicted octanol–water partition coefficient (Wildman–Crippen LogP) is 5.31. The van der Waals surface area contributed by atoms with Crippen molar-refractivity contribution in [3.05, 3.63) is 64.6 Å². The van der Waals surface area contributed by atoms with Gasteiger partial charge in [-0.15, -0.1) is 0 Å². The first kappa shape index (κ1) is 22.0. The van der Waals surface area contributed by atoms with Crippen LogP contribution in [0.2, 0.25) is 5.02 Å². The van der Waals surface area contributed by atoms with Crippen molar-refractivity contribution in [2.45, 2.75) is 50.7 Å². The Balaban J connectivity index is 1.53. The number of anilines is 1. The van der Waals surface area contributed by atoms with Crippen LogP contribution in [0, 0.1) is 6.92 Å². The Morgan fingerprint density at radius 3 is 2.54 bits per heavy atom. The molecule has 4 heterocycles. The molecule has 1 fully saturated rings. The van der Waals surface area contributed by atoms with Crippen LogP contribution in [-0.4, -0.2) is 32.6 Å². The van der Waals surface area contributed by atoms with Gasteiger partial charge in [-0.25, -0.2) is 14.6 Å². The summed E-state index contributed by atoms with van der Waals surface area (Å²) in [6.07, 6.45) is 4.45. The first-order valence-corrected chi connectivity index (χ1v) is 12.0. The number of nitrogens with one attached hydrogen (secondary N) is 3. The predicted molar refractivity (Wildman–Crippen MR) is 132 cm³/mol. The zero-order chi connectivity index (χ0) is 24.3. The summed E-state index contributed by atoms with van der Waals surface area (Å²) in [5.74, 6) is -0.208. The summed E-state index contributed by atoms with van der Waals surface area (Å²) >= 11 is 6.22. The SMILES string of the molecule is Cc1cc2ncn3c2cc1C(=O)NC1CCC(CC1)Nc1cc(nc2ccc(Cl)cc12)C(F)(F)N3. The number of alkyl halides is 2. The molecule has 180 valence electrons. The molecule has 1 aliphatic carbocycles. The number of imidazole rings is 1. The molecule has 1 saturated carbocycles. The number of halogens is 3. The maximum absolute atomic E-state index is 15.6. The standard InChI is InChI=1S/C25H23ClF2N6O/c1-13-8-21-22-10-17(13)24(35)31-16-5-3-15(4-6-16)30-20-11-23(25(27,28)33-34(22)12-29-21)32-19-7-2-14(26)9-18(19)20/h2,7-12,15-16,30,33H,3-6H2,1H3,(H,31,35). The van der Waals surface area contributed by atoms with Crippen LogP contribution in [0.1, 0.15) is 47.3 Å². The first-order chi connectivity index (χ1) is 16.8. The molecule has 7 nitrogen and oxygen atoms in total. The average molecular weight is 497 g/mol. The number of amides is 1. The van der Waals surface area contributed by atoms with Crippen LogP contribution in [0.25, 0.3) is 21.9 Å². The fourth-order valence-electron chi connectivity index (χ4n) is 5.05. The minimum absolute atomic E-state index is 0.0510. The van der Waals surface area contributed by atoms with E-state index < -0.39 is 11.7 Å². The largest absolute Gasteiger partial charge is 0.382 e. The molecule has 0 atom stereocenters. The van der Waals surface area contributed by atoms with Crippen molar-refractivity contribution in [3.63, 3.8) is 0 Å². The molecular weight excluding hydrogens is 474 g/mol. The molecule has 1 amide bonds. The molecule has 0 radical (unpaired) electrons. The van der Waals surface area contributed by atoms with Gasteiger partial charge in [0.15, 0.2) is 0 Å². The van der Waals surface area contributed by atoms with Crippen molar-refractivity contribution in [2.24, 2.45) is 0 Å². The van der Waals surface area contributed by atoms with E-state index in [1.54, 1.807) is 30.3 Å². The van der Waals surface area contributed by atoms with Gasteiger partial charge in [-0.05, 0) is 74.6 Å². The van der Waals surface area contributed by atoms with E-state index in [-0.39, 0.29) is 18.0 Å². The van der Waals surface area contributed by atoms with Crippen molar-refractivity contribution in [2.75, 3.05) is 10.7 Å². The summed E-state index contributed by atoms with van der Waals surface area (Å²) in [5, 5.41) is 7.76. The molecule has 0 spiro atoms. The van der Waals surface area contributed by atoms with E-state index in [9.17, 15) is 4.79 Å². The molecule has 35 heavy (non-hydrogen) atoms. The summed E-state index contributed by atoms with van der Waals surface area (Å²) in [4.78, 5) is 21.6. The van der Waals surface area contributed by atoms with E-state index in [1.165, 1.54) is 12.4 Å². The van der Waals surface area contributed by atoms with Crippen molar-refractivity contribution < 1.29 is 13.6 Å². The minimum atomic E-state index is -3.53. The third kappa shape index (κ3) is 3.93. The fraction of sp³-hybridized carbons (Fsp3) is 0.320. The van der Waals surface area contributed by atoms with Crippen LogP contribution in [0.15, 0.2) is 42.7 Å². The third-order valence-corrected chi connectivity index (χ3v) is 7.15. The van der Waals surface area contributed by atoms with Crippen LogP contribution in [-0.2, 0) is 6.05 Å². The Kier molecular flexibility index (Phi) is 5.07. The topological polar surface area (TPSA) is 83.9 Å². The van der Waals surface area contributed by atoms with Gasteiger partial charge in [0.1, 0.15) is 12.0 Å². The van der Waals surface area contributed by atoms with Crippen LogP contribution < -0.4 is 16.1 Å². The van der Waals surface area contributed by atoms with Crippen molar-refractivity contribution >= 4 is 45.1 Å². The number of aromatic nitrogens is 3. The molecule has 10 heteroatoms. The number of fused-ring (bicyclic) bond motifs is 5. The number of carbonyl (C=O) groups excluding carboxylic acids is 1. The highest BCUT2D eigenvalue weighted by atomic mass is 35.5. The Labute approximate surface area is 204 Å². The van der Waals surface area contributed by atoms with Gasteiger partial charge in [0.05, 0.1) is 16.6 Å². The third-order valence-electron chi connectivity index (χ3n) is 6.91. The molecule has 2 aliphatic heterocycles. The zero-order valence-corrected chi connectivity index (χ0v) is 19.7. The van der Waals surface area contributed by atoms with Crippen LogP contribution in [0.4, 0.5) is 14.5 Å². The Hall–Kier alpha value is -3.46. The molecule has 3 N–H and O–H groups in total. The number of pyridine rings is 1. The average Bonchev–Trinajstić information content (AvgIpc) is 3.19. The minimum Gasteiger partial charge on any atom is -0.382 e. The summed E-state index contributed by atoms with van der Waals surface area (Å²) in [6, 6.07) is 6.36. The maximum atomic E-state index is 15.6. The lowest BCUT2D eigenvalue weighted by atomic mass is 9.90. The van der Waals surface area contributed by atoms with E-state index in [2.05, 4.69) is 26.0 Å². The highest BCUT2D eigenvalue weighted by molar-refractivity contribution is 6.31. The molecule has 0 unspecified atom stereocenters. The van der Waals surface area contributed by atoms with E-state index in [4.69, 9.17) is 11.6 Å². The number of benzene rings is 2. The van der Waals surface area contributed by atoms with E-state index in [0.29, 0.717) is 38.2 Å². The van der Waals surface area contributed by atoms with Gasteiger partial charge in [0, 0.05) is 33.7 Å². The smallest absolute Gasteiger partial charge is 0.380 e. The molecule has 4 aromatic rings. The van der Waals surface area contributed by atoms with Crippen LogP contribution >= 0.6 is 11.6 Å². The summed E-state index contributed by atoms with van der Waals surface area (Å²) in [7, 11) is 0. The summed E-state index contributed by atoms with van der Waals surface area (Å²) in [5.41, 5.74) is 4.86. The number of nitrogens with zero attached hydrogens (tertiary/aromatic N) is 3. The van der Waals surface area contributed by atoms with Gasteiger partial charge in [-0.2, -0.15) is 8.78 Å². The number of aryl methyl sites for hydroxylation is 1. The second-order valence-corrected chi connectivity index (χ2v) is 9.78. The number of carbonyl (C=O) groups is 1. The highest BCUT2D eigenvalue weighted by Crippen LogP contribution is 2.35. The Morgan fingerprint density at radius 2 is 1.77 bits per heavy atom. The number of rotatable bonds is 0. The van der Waals surface area contributed by atoms with Gasteiger partial charge in [-0.1, -0.05) is 11.6 Å². The summed E-state index contributed by atoms with van der Waals surface area (Å²) < 4.78 is 32.4. The van der Waals surface area contributed by atoms with Gasteiger partial charge in [0.2, 0.25) is 0 Å². The maximum Gasteiger partial charge on any atom is 0.380 e. The van der Waals surface area contributed by atoms with Gasteiger partial charge < -0.3 is 10.6 Å². The van der Waals surface area contributed by atoms with Gasteiger partial charge >= 0.3 is 6.05 Å². The molecule has 7 rings (SSSR count). The Bertz CT molecular complexity index is 1480. The second kappa shape index (κ2) is 8.05. The van der Waals surface area contributed by atoms with E-state index in [0.717, 1.165) is 35.9 Å². The molecule has 6 bridgehead atoms. The lowest BCUT2D eigenvalue weighted by Crippen LogP contribution is -2.40. The Morgan fingerprint density at radius 1 is 1.03 bits per heavy atom. The molecule has 3 aliphatic rings. The number of hydrogen-bond acceptors (Lipinski definition) is 5. The van der Waals surface area contributed by atoms with Crippen molar-refractivity contribution in [3.8, 4) is 0 Å². The quantitative estimate of drug-likeness (QED) is 0.287. The second-order valence-electron chi connectivity index (χ2n) is 9.34. The van der Waals surface area contributed by atoms with Crippen molar-refractivity contribution in [1.29, 1.82) is 0 Å².